The number of amides is 1. The van der Waals surface area contributed by atoms with Crippen LogP contribution in [0.1, 0.15) is 57.1 Å². The summed E-state index contributed by atoms with van der Waals surface area (Å²) >= 11 is 0. The zero-order chi connectivity index (χ0) is 15.1. The van der Waals surface area contributed by atoms with Gasteiger partial charge in [-0.05, 0) is 24.3 Å². The van der Waals surface area contributed by atoms with Crippen LogP contribution in [-0.2, 0) is 4.79 Å². The zero-order valence-electron chi connectivity index (χ0n) is 13.1. The van der Waals surface area contributed by atoms with Crippen LogP contribution in [0.15, 0.2) is 30.3 Å². The van der Waals surface area contributed by atoms with Gasteiger partial charge in [-0.15, -0.1) is 0 Å². The van der Waals surface area contributed by atoms with Crippen molar-refractivity contribution >= 4 is 5.91 Å². The van der Waals surface area contributed by atoms with Gasteiger partial charge in [-0.1, -0.05) is 62.9 Å². The molecule has 1 aromatic rings. The molecule has 0 heterocycles. The van der Waals surface area contributed by atoms with Gasteiger partial charge in [-0.25, -0.2) is 0 Å². The van der Waals surface area contributed by atoms with Crippen LogP contribution in [0.5, 0.6) is 0 Å². The second-order valence-corrected chi connectivity index (χ2v) is 6.25. The molecule has 2 unspecified atom stereocenters. The van der Waals surface area contributed by atoms with Crippen LogP contribution in [0, 0.1) is 11.8 Å². The van der Waals surface area contributed by atoms with Gasteiger partial charge in [0.25, 0.3) is 0 Å². The van der Waals surface area contributed by atoms with Crippen molar-refractivity contribution in [1.82, 2.24) is 5.32 Å². The lowest BCUT2D eigenvalue weighted by atomic mass is 9.90. The van der Waals surface area contributed by atoms with E-state index in [0.29, 0.717) is 6.54 Å². The van der Waals surface area contributed by atoms with Crippen LogP contribution < -0.4 is 11.1 Å². The summed E-state index contributed by atoms with van der Waals surface area (Å²) in [5, 5.41) is 3.04. The monoisotopic (exact) mass is 288 g/mol. The highest BCUT2D eigenvalue weighted by atomic mass is 16.1. The molecule has 0 aromatic heterocycles. The van der Waals surface area contributed by atoms with E-state index in [-0.39, 0.29) is 17.9 Å². The summed E-state index contributed by atoms with van der Waals surface area (Å²) < 4.78 is 0. The summed E-state index contributed by atoms with van der Waals surface area (Å²) in [6.07, 6.45) is 7.23. The van der Waals surface area contributed by atoms with Gasteiger partial charge in [-0.2, -0.15) is 0 Å². The van der Waals surface area contributed by atoms with Gasteiger partial charge >= 0.3 is 0 Å². The largest absolute Gasteiger partial charge is 0.354 e. The summed E-state index contributed by atoms with van der Waals surface area (Å²) in [5.74, 6) is 1.08. The Kier molecular flexibility index (Phi) is 6.24. The Morgan fingerprint density at radius 1 is 1.29 bits per heavy atom. The number of hydrogen-bond acceptors (Lipinski definition) is 2. The number of carbonyl (C=O) groups excluding carboxylic acids is 1. The Hall–Kier alpha value is -1.35. The van der Waals surface area contributed by atoms with Crippen molar-refractivity contribution in [2.45, 2.75) is 51.5 Å². The van der Waals surface area contributed by atoms with Crippen LogP contribution in [-0.4, -0.2) is 12.5 Å². The quantitative estimate of drug-likeness (QED) is 0.808. The molecule has 0 saturated heterocycles. The van der Waals surface area contributed by atoms with Gasteiger partial charge in [0.1, 0.15) is 0 Å². The standard InChI is InChI=1S/C18H28N2O/c1-2-15(12-14-8-6-7-9-14)18(21)20-13-17(19)16-10-4-3-5-11-16/h3-5,10-11,14-15,17H,2,6-9,12-13,19H2,1H3,(H,20,21). The van der Waals surface area contributed by atoms with Crippen molar-refractivity contribution in [3.63, 3.8) is 0 Å². The molecule has 0 aliphatic heterocycles. The maximum Gasteiger partial charge on any atom is 0.223 e. The van der Waals surface area contributed by atoms with Gasteiger partial charge in [0.15, 0.2) is 0 Å². The van der Waals surface area contributed by atoms with Gasteiger partial charge in [0.2, 0.25) is 5.91 Å². The molecular weight excluding hydrogens is 260 g/mol. The van der Waals surface area contributed by atoms with E-state index in [1.165, 1.54) is 25.7 Å². The molecule has 0 bridgehead atoms. The molecule has 1 fully saturated rings. The maximum atomic E-state index is 12.3. The molecule has 1 aliphatic rings. The Labute approximate surface area is 128 Å². The van der Waals surface area contributed by atoms with Crippen molar-refractivity contribution in [3.05, 3.63) is 35.9 Å². The minimum Gasteiger partial charge on any atom is -0.354 e. The third-order valence-electron chi connectivity index (χ3n) is 4.68. The summed E-state index contributed by atoms with van der Waals surface area (Å²) in [7, 11) is 0. The van der Waals surface area contributed by atoms with Gasteiger partial charge in [0.05, 0.1) is 0 Å². The molecule has 3 nitrogen and oxygen atoms in total. The minimum absolute atomic E-state index is 0.126. The number of hydrogen-bond donors (Lipinski definition) is 2. The van der Waals surface area contributed by atoms with Crippen molar-refractivity contribution in [2.24, 2.45) is 17.6 Å². The van der Waals surface area contributed by atoms with Crippen molar-refractivity contribution in [3.8, 4) is 0 Å². The molecule has 0 spiro atoms. The lowest BCUT2D eigenvalue weighted by molar-refractivity contribution is -0.125. The average molecular weight is 288 g/mol. The number of carbonyl (C=O) groups is 1. The summed E-state index contributed by atoms with van der Waals surface area (Å²) in [5.41, 5.74) is 7.20. The molecule has 1 amide bonds. The second kappa shape index (κ2) is 8.18. The Bertz CT molecular complexity index is 426. The van der Waals surface area contributed by atoms with E-state index in [1.807, 2.05) is 30.3 Å². The fourth-order valence-corrected chi connectivity index (χ4v) is 3.28. The van der Waals surface area contributed by atoms with Crippen molar-refractivity contribution < 1.29 is 4.79 Å². The summed E-state index contributed by atoms with van der Waals surface area (Å²) in [6, 6.07) is 9.82. The van der Waals surface area contributed by atoms with Gasteiger partial charge in [-0.3, -0.25) is 4.79 Å². The Morgan fingerprint density at radius 2 is 1.95 bits per heavy atom. The first-order valence-electron chi connectivity index (χ1n) is 8.29. The maximum absolute atomic E-state index is 12.3. The highest BCUT2D eigenvalue weighted by molar-refractivity contribution is 5.78. The molecule has 1 aromatic carbocycles. The van der Waals surface area contributed by atoms with E-state index in [9.17, 15) is 4.79 Å². The first kappa shape index (κ1) is 16.0. The molecule has 1 aliphatic carbocycles. The third kappa shape index (κ3) is 4.85. The predicted octanol–water partition coefficient (Wildman–Crippen LogP) is 3.41. The van der Waals surface area contributed by atoms with Crippen LogP contribution >= 0.6 is 0 Å². The number of benzene rings is 1. The number of rotatable bonds is 7. The van der Waals surface area contributed by atoms with E-state index in [1.54, 1.807) is 0 Å². The molecule has 1 saturated carbocycles. The molecule has 2 rings (SSSR count). The Morgan fingerprint density at radius 3 is 2.57 bits per heavy atom. The summed E-state index contributed by atoms with van der Waals surface area (Å²) in [4.78, 5) is 12.3. The van der Waals surface area contributed by atoms with E-state index in [2.05, 4.69) is 12.2 Å². The second-order valence-electron chi connectivity index (χ2n) is 6.25. The van der Waals surface area contributed by atoms with Gasteiger partial charge in [0, 0.05) is 18.5 Å². The Balaban J connectivity index is 1.79. The van der Waals surface area contributed by atoms with Crippen LogP contribution in [0.4, 0.5) is 0 Å². The fourth-order valence-electron chi connectivity index (χ4n) is 3.28. The minimum atomic E-state index is -0.126. The number of nitrogens with two attached hydrogens (primary N) is 1. The molecular formula is C18H28N2O. The first-order chi connectivity index (χ1) is 10.2. The normalized spacial score (nSPS) is 18.4. The zero-order valence-corrected chi connectivity index (χ0v) is 13.1. The van der Waals surface area contributed by atoms with E-state index in [4.69, 9.17) is 5.73 Å². The van der Waals surface area contributed by atoms with E-state index >= 15 is 0 Å². The van der Waals surface area contributed by atoms with E-state index in [0.717, 1.165) is 24.3 Å². The van der Waals surface area contributed by atoms with Crippen LogP contribution in [0.2, 0.25) is 0 Å². The van der Waals surface area contributed by atoms with Crippen LogP contribution in [0.3, 0.4) is 0 Å². The number of nitrogens with one attached hydrogen (secondary N) is 1. The topological polar surface area (TPSA) is 55.1 Å². The molecule has 21 heavy (non-hydrogen) atoms. The highest BCUT2D eigenvalue weighted by Gasteiger charge is 2.24. The SMILES string of the molecule is CCC(CC1CCCC1)C(=O)NCC(N)c1ccccc1. The molecule has 3 N–H and O–H groups in total. The average Bonchev–Trinajstić information content (AvgIpc) is 3.03. The lowest BCUT2D eigenvalue weighted by Crippen LogP contribution is -2.36. The van der Waals surface area contributed by atoms with Crippen molar-refractivity contribution in [2.75, 3.05) is 6.54 Å². The molecule has 3 heteroatoms. The molecule has 2 atom stereocenters. The van der Waals surface area contributed by atoms with Gasteiger partial charge < -0.3 is 11.1 Å². The highest BCUT2D eigenvalue weighted by Crippen LogP contribution is 2.31. The lowest BCUT2D eigenvalue weighted by Gasteiger charge is -2.20. The summed E-state index contributed by atoms with van der Waals surface area (Å²) in [6.45, 7) is 2.63. The van der Waals surface area contributed by atoms with E-state index < -0.39 is 0 Å². The smallest absolute Gasteiger partial charge is 0.223 e. The van der Waals surface area contributed by atoms with Crippen LogP contribution in [0.25, 0.3) is 0 Å². The molecule has 0 radical (unpaired) electrons. The fraction of sp³-hybridized carbons (Fsp3) is 0.611. The third-order valence-corrected chi connectivity index (χ3v) is 4.68. The first-order valence-corrected chi connectivity index (χ1v) is 8.29. The molecule has 116 valence electrons. The van der Waals surface area contributed by atoms with Crippen molar-refractivity contribution in [1.29, 1.82) is 0 Å². The predicted molar refractivity (Wildman–Crippen MR) is 86.7 cm³/mol.